The summed E-state index contributed by atoms with van der Waals surface area (Å²) in [7, 11) is 0. The van der Waals surface area contributed by atoms with Crippen LogP contribution in [0.3, 0.4) is 0 Å². The molecule has 3 heteroatoms. The number of halogens is 1. The predicted molar refractivity (Wildman–Crippen MR) is 69.0 cm³/mol. The molecule has 88 valence electrons. The van der Waals surface area contributed by atoms with Gasteiger partial charge < -0.3 is 4.90 Å². The highest BCUT2D eigenvalue weighted by Crippen LogP contribution is 2.16. The van der Waals surface area contributed by atoms with Crippen LogP contribution in [0.15, 0.2) is 30.3 Å². The second-order valence-electron chi connectivity index (χ2n) is 3.79. The summed E-state index contributed by atoms with van der Waals surface area (Å²) < 4.78 is 0. The fourth-order valence-electron chi connectivity index (χ4n) is 1.51. The van der Waals surface area contributed by atoms with Crippen LogP contribution in [0.4, 0.5) is 5.69 Å². The second kappa shape index (κ2) is 6.54. The average Bonchev–Trinajstić information content (AvgIpc) is 2.30. The fraction of sp³-hybridized carbons (Fsp3) is 0.462. The molecule has 0 aliphatic heterocycles. The molecular formula is C13H18ClNO. The van der Waals surface area contributed by atoms with E-state index in [4.69, 9.17) is 11.6 Å². The number of nitrogens with zero attached hydrogens (tertiary/aromatic N) is 1. The molecule has 1 rings (SSSR count). The second-order valence-corrected chi connectivity index (χ2v) is 4.45. The van der Waals surface area contributed by atoms with Gasteiger partial charge in [0.15, 0.2) is 0 Å². The number of alkyl halides is 1. The molecule has 0 N–H and O–H groups in total. The highest BCUT2D eigenvalue weighted by molar-refractivity contribution is 6.32. The number of benzene rings is 1. The quantitative estimate of drug-likeness (QED) is 0.721. The zero-order valence-corrected chi connectivity index (χ0v) is 10.6. The third-order valence-corrected chi connectivity index (χ3v) is 2.60. The van der Waals surface area contributed by atoms with E-state index >= 15 is 0 Å². The van der Waals surface area contributed by atoms with Gasteiger partial charge in [-0.05, 0) is 25.5 Å². The Morgan fingerprint density at radius 2 is 2.00 bits per heavy atom. The average molecular weight is 240 g/mol. The van der Waals surface area contributed by atoms with Crippen LogP contribution in [0.5, 0.6) is 0 Å². The number of hydrogen-bond acceptors (Lipinski definition) is 1. The predicted octanol–water partition coefficient (Wildman–Crippen LogP) is 3.45. The summed E-state index contributed by atoms with van der Waals surface area (Å²) in [5.41, 5.74) is 0.924. The van der Waals surface area contributed by atoms with Gasteiger partial charge in [-0.15, -0.1) is 11.6 Å². The Morgan fingerprint density at radius 3 is 2.50 bits per heavy atom. The molecule has 0 aliphatic carbocycles. The van der Waals surface area contributed by atoms with Crippen LogP contribution in [0.2, 0.25) is 0 Å². The molecule has 2 nitrogen and oxygen atoms in total. The SMILES string of the molecule is CCCCN(C(=O)[C@H](C)Cl)c1ccccc1. The number of amides is 1. The lowest BCUT2D eigenvalue weighted by atomic mass is 10.2. The summed E-state index contributed by atoms with van der Waals surface area (Å²) in [6, 6.07) is 9.68. The number of anilines is 1. The van der Waals surface area contributed by atoms with Gasteiger partial charge in [-0.1, -0.05) is 31.5 Å². The molecule has 0 aromatic heterocycles. The largest absolute Gasteiger partial charge is 0.311 e. The van der Waals surface area contributed by atoms with Gasteiger partial charge in [0.2, 0.25) is 5.91 Å². The first-order valence-electron chi connectivity index (χ1n) is 5.67. The zero-order valence-electron chi connectivity index (χ0n) is 9.82. The topological polar surface area (TPSA) is 20.3 Å². The van der Waals surface area contributed by atoms with E-state index < -0.39 is 5.38 Å². The first-order chi connectivity index (χ1) is 7.66. The van der Waals surface area contributed by atoms with E-state index in [0.29, 0.717) is 0 Å². The number of hydrogen-bond donors (Lipinski definition) is 0. The summed E-state index contributed by atoms with van der Waals surface area (Å²) in [5.74, 6) is -0.0266. The third kappa shape index (κ3) is 3.53. The Labute approximate surface area is 102 Å². The van der Waals surface area contributed by atoms with E-state index in [0.717, 1.165) is 25.1 Å². The smallest absolute Gasteiger partial charge is 0.244 e. The number of carbonyl (C=O) groups is 1. The summed E-state index contributed by atoms with van der Waals surface area (Å²) in [5, 5.41) is -0.475. The number of para-hydroxylation sites is 1. The van der Waals surface area contributed by atoms with Crippen LogP contribution in [0.25, 0.3) is 0 Å². The number of rotatable bonds is 5. The van der Waals surface area contributed by atoms with Gasteiger partial charge >= 0.3 is 0 Å². The van der Waals surface area contributed by atoms with E-state index in [1.165, 1.54) is 0 Å². The van der Waals surface area contributed by atoms with Crippen molar-refractivity contribution in [2.24, 2.45) is 0 Å². The third-order valence-electron chi connectivity index (χ3n) is 2.41. The molecule has 0 fully saturated rings. The first-order valence-corrected chi connectivity index (χ1v) is 6.11. The molecule has 1 aromatic rings. The summed E-state index contributed by atoms with van der Waals surface area (Å²) in [4.78, 5) is 13.7. The lowest BCUT2D eigenvalue weighted by Crippen LogP contribution is -2.36. The Morgan fingerprint density at radius 1 is 1.38 bits per heavy atom. The van der Waals surface area contributed by atoms with E-state index in [2.05, 4.69) is 6.92 Å². The van der Waals surface area contributed by atoms with E-state index in [1.54, 1.807) is 11.8 Å². The highest BCUT2D eigenvalue weighted by Gasteiger charge is 2.19. The summed E-state index contributed by atoms with van der Waals surface area (Å²) in [6.45, 7) is 4.56. The van der Waals surface area contributed by atoms with Crippen molar-refractivity contribution in [3.05, 3.63) is 30.3 Å². The van der Waals surface area contributed by atoms with Crippen molar-refractivity contribution in [3.8, 4) is 0 Å². The van der Waals surface area contributed by atoms with E-state index in [-0.39, 0.29) is 5.91 Å². The van der Waals surface area contributed by atoms with Crippen LogP contribution >= 0.6 is 11.6 Å². The van der Waals surface area contributed by atoms with Crippen LogP contribution in [-0.4, -0.2) is 17.8 Å². The zero-order chi connectivity index (χ0) is 12.0. The van der Waals surface area contributed by atoms with Gasteiger partial charge in [0, 0.05) is 12.2 Å². The van der Waals surface area contributed by atoms with Crippen LogP contribution in [0.1, 0.15) is 26.7 Å². The van der Waals surface area contributed by atoms with Crippen molar-refractivity contribution in [2.75, 3.05) is 11.4 Å². The molecular weight excluding hydrogens is 222 g/mol. The summed E-state index contributed by atoms with van der Waals surface area (Å²) >= 11 is 5.86. The maximum Gasteiger partial charge on any atom is 0.244 e. The van der Waals surface area contributed by atoms with Gasteiger partial charge in [-0.25, -0.2) is 0 Å². The molecule has 1 amide bonds. The van der Waals surface area contributed by atoms with Crippen LogP contribution < -0.4 is 4.90 Å². The fourth-order valence-corrected chi connectivity index (χ4v) is 1.62. The maximum absolute atomic E-state index is 11.9. The minimum atomic E-state index is -0.475. The van der Waals surface area contributed by atoms with Gasteiger partial charge in [0.05, 0.1) is 0 Å². The van der Waals surface area contributed by atoms with Gasteiger partial charge in [-0.3, -0.25) is 4.79 Å². The minimum Gasteiger partial charge on any atom is -0.311 e. The van der Waals surface area contributed by atoms with Gasteiger partial charge in [0.25, 0.3) is 0 Å². The molecule has 0 radical (unpaired) electrons. The molecule has 0 unspecified atom stereocenters. The minimum absolute atomic E-state index is 0.0266. The number of unbranched alkanes of at least 4 members (excludes halogenated alkanes) is 1. The van der Waals surface area contributed by atoms with Crippen molar-refractivity contribution >= 4 is 23.2 Å². The Bertz CT molecular complexity index is 324. The molecule has 1 aromatic carbocycles. The van der Waals surface area contributed by atoms with Gasteiger partial charge in [-0.2, -0.15) is 0 Å². The monoisotopic (exact) mass is 239 g/mol. The van der Waals surface area contributed by atoms with Crippen LogP contribution in [0, 0.1) is 0 Å². The Balaban J connectivity index is 2.83. The molecule has 16 heavy (non-hydrogen) atoms. The molecule has 1 atom stereocenters. The molecule has 0 saturated heterocycles. The highest BCUT2D eigenvalue weighted by atomic mass is 35.5. The normalized spacial score (nSPS) is 12.2. The molecule has 0 aliphatic rings. The molecule has 0 heterocycles. The van der Waals surface area contributed by atoms with Crippen molar-refractivity contribution in [3.63, 3.8) is 0 Å². The summed E-state index contributed by atoms with van der Waals surface area (Å²) in [6.07, 6.45) is 2.05. The lowest BCUT2D eigenvalue weighted by Gasteiger charge is -2.23. The van der Waals surface area contributed by atoms with Crippen LogP contribution in [-0.2, 0) is 4.79 Å². The van der Waals surface area contributed by atoms with Crippen molar-refractivity contribution in [1.29, 1.82) is 0 Å². The molecule has 0 spiro atoms. The van der Waals surface area contributed by atoms with E-state index in [1.807, 2.05) is 30.3 Å². The molecule has 0 bridgehead atoms. The lowest BCUT2D eigenvalue weighted by molar-refractivity contribution is -0.118. The maximum atomic E-state index is 11.9. The van der Waals surface area contributed by atoms with Gasteiger partial charge in [0.1, 0.15) is 5.38 Å². The first kappa shape index (κ1) is 13.0. The molecule has 0 saturated carbocycles. The Hall–Kier alpha value is -1.02. The standard InChI is InChI=1S/C13H18ClNO/c1-3-4-10-15(13(16)11(2)14)12-8-6-5-7-9-12/h5-9,11H,3-4,10H2,1-2H3/t11-/m0/s1. The number of carbonyl (C=O) groups excluding carboxylic acids is 1. The van der Waals surface area contributed by atoms with Crippen molar-refractivity contribution in [2.45, 2.75) is 32.1 Å². The van der Waals surface area contributed by atoms with E-state index in [9.17, 15) is 4.79 Å². The van der Waals surface area contributed by atoms with Crippen molar-refractivity contribution in [1.82, 2.24) is 0 Å². The Kier molecular flexibility index (Phi) is 5.33. The van der Waals surface area contributed by atoms with Crippen molar-refractivity contribution < 1.29 is 4.79 Å².